The SMILES string of the molecule is CCOc1cc(CN[C@@H](CC(C)C)C(=O)O)cc(Br)c1OC. The van der Waals surface area contributed by atoms with Gasteiger partial charge in [-0.2, -0.15) is 0 Å². The molecule has 1 aromatic carbocycles. The first kappa shape index (κ1) is 18.8. The minimum absolute atomic E-state index is 0.315. The molecule has 2 N–H and O–H groups in total. The number of methoxy groups -OCH3 is 1. The van der Waals surface area contributed by atoms with Crippen molar-refractivity contribution in [2.24, 2.45) is 5.92 Å². The number of hydrogen-bond acceptors (Lipinski definition) is 4. The smallest absolute Gasteiger partial charge is 0.320 e. The average molecular weight is 374 g/mol. The Hall–Kier alpha value is -1.27. The van der Waals surface area contributed by atoms with E-state index >= 15 is 0 Å². The van der Waals surface area contributed by atoms with Gasteiger partial charge in [-0.25, -0.2) is 0 Å². The summed E-state index contributed by atoms with van der Waals surface area (Å²) in [6.07, 6.45) is 0.588. The van der Waals surface area contributed by atoms with E-state index < -0.39 is 12.0 Å². The third kappa shape index (κ3) is 5.50. The lowest BCUT2D eigenvalue weighted by Gasteiger charge is -2.18. The molecule has 0 aliphatic carbocycles. The Morgan fingerprint density at radius 2 is 2.09 bits per heavy atom. The van der Waals surface area contributed by atoms with Gasteiger partial charge in [0.2, 0.25) is 0 Å². The van der Waals surface area contributed by atoms with Gasteiger partial charge in [0.15, 0.2) is 11.5 Å². The van der Waals surface area contributed by atoms with Crippen molar-refractivity contribution in [1.82, 2.24) is 5.32 Å². The summed E-state index contributed by atoms with van der Waals surface area (Å²) in [5, 5.41) is 12.3. The van der Waals surface area contributed by atoms with Crippen LogP contribution < -0.4 is 14.8 Å². The van der Waals surface area contributed by atoms with Crippen LogP contribution in [0.4, 0.5) is 0 Å². The van der Waals surface area contributed by atoms with Crippen molar-refractivity contribution in [3.63, 3.8) is 0 Å². The molecule has 0 saturated heterocycles. The van der Waals surface area contributed by atoms with Gasteiger partial charge < -0.3 is 19.9 Å². The van der Waals surface area contributed by atoms with E-state index in [0.717, 1.165) is 10.0 Å². The summed E-state index contributed by atoms with van der Waals surface area (Å²) in [7, 11) is 1.59. The number of halogens is 1. The van der Waals surface area contributed by atoms with Crippen molar-refractivity contribution in [2.75, 3.05) is 13.7 Å². The second kappa shape index (κ2) is 9.00. The predicted molar refractivity (Wildman–Crippen MR) is 89.6 cm³/mol. The summed E-state index contributed by atoms with van der Waals surface area (Å²) in [5.74, 6) is 0.774. The Kier molecular flexibility index (Phi) is 7.68. The average Bonchev–Trinajstić information content (AvgIpc) is 2.43. The van der Waals surface area contributed by atoms with E-state index in [1.54, 1.807) is 7.11 Å². The zero-order valence-corrected chi connectivity index (χ0v) is 15.1. The highest BCUT2D eigenvalue weighted by Gasteiger charge is 2.19. The number of carbonyl (C=O) groups is 1. The molecular weight excluding hydrogens is 350 g/mol. The fourth-order valence-electron chi connectivity index (χ4n) is 2.17. The summed E-state index contributed by atoms with van der Waals surface area (Å²) in [5.41, 5.74) is 0.936. The van der Waals surface area contributed by atoms with Gasteiger partial charge >= 0.3 is 5.97 Å². The van der Waals surface area contributed by atoms with Gasteiger partial charge in [0, 0.05) is 6.54 Å². The van der Waals surface area contributed by atoms with Crippen molar-refractivity contribution < 1.29 is 19.4 Å². The molecule has 0 unspecified atom stereocenters. The van der Waals surface area contributed by atoms with E-state index in [2.05, 4.69) is 21.2 Å². The van der Waals surface area contributed by atoms with Crippen LogP contribution in [0.1, 0.15) is 32.8 Å². The molecule has 5 nitrogen and oxygen atoms in total. The maximum atomic E-state index is 11.3. The quantitative estimate of drug-likeness (QED) is 0.693. The second-order valence-electron chi connectivity index (χ2n) is 5.44. The summed E-state index contributed by atoms with van der Waals surface area (Å²) in [4.78, 5) is 11.3. The van der Waals surface area contributed by atoms with Crippen molar-refractivity contribution in [2.45, 2.75) is 39.8 Å². The Morgan fingerprint density at radius 1 is 1.41 bits per heavy atom. The number of carboxylic acid groups (broad SMARTS) is 1. The van der Waals surface area contributed by atoms with E-state index in [4.69, 9.17) is 9.47 Å². The first-order valence-corrected chi connectivity index (χ1v) is 8.13. The molecule has 0 radical (unpaired) electrons. The highest BCUT2D eigenvalue weighted by molar-refractivity contribution is 9.10. The van der Waals surface area contributed by atoms with Crippen molar-refractivity contribution in [3.8, 4) is 11.5 Å². The van der Waals surface area contributed by atoms with Crippen LogP contribution in [0.2, 0.25) is 0 Å². The first-order valence-electron chi connectivity index (χ1n) is 7.34. The van der Waals surface area contributed by atoms with Crippen LogP contribution >= 0.6 is 15.9 Å². The molecule has 124 valence electrons. The molecule has 1 aromatic rings. The largest absolute Gasteiger partial charge is 0.492 e. The van der Waals surface area contributed by atoms with E-state index in [-0.39, 0.29) is 0 Å². The number of carboxylic acids is 1. The lowest BCUT2D eigenvalue weighted by molar-refractivity contribution is -0.140. The van der Waals surface area contributed by atoms with Crippen LogP contribution in [0.3, 0.4) is 0 Å². The van der Waals surface area contributed by atoms with Crippen LogP contribution in [0.15, 0.2) is 16.6 Å². The van der Waals surface area contributed by atoms with Crippen LogP contribution in [-0.4, -0.2) is 30.8 Å². The molecule has 0 aliphatic heterocycles. The van der Waals surface area contributed by atoms with E-state index in [9.17, 15) is 9.90 Å². The summed E-state index contributed by atoms with van der Waals surface area (Å²) in [6.45, 7) is 6.90. The Labute approximate surface area is 140 Å². The molecule has 0 aromatic heterocycles. The summed E-state index contributed by atoms with van der Waals surface area (Å²) >= 11 is 3.46. The zero-order valence-electron chi connectivity index (χ0n) is 13.5. The van der Waals surface area contributed by atoms with Gasteiger partial charge in [-0.1, -0.05) is 13.8 Å². The van der Waals surface area contributed by atoms with Gasteiger partial charge in [-0.15, -0.1) is 0 Å². The molecular formula is C16H24BrNO4. The molecule has 0 bridgehead atoms. The van der Waals surface area contributed by atoms with Crippen LogP contribution in [0.25, 0.3) is 0 Å². The van der Waals surface area contributed by atoms with Gasteiger partial charge in [0.1, 0.15) is 6.04 Å². The number of rotatable bonds is 9. The highest BCUT2D eigenvalue weighted by Crippen LogP contribution is 2.36. The van der Waals surface area contributed by atoms with Gasteiger partial charge in [-0.3, -0.25) is 4.79 Å². The minimum Gasteiger partial charge on any atom is -0.492 e. The third-order valence-corrected chi connectivity index (χ3v) is 3.72. The van der Waals surface area contributed by atoms with E-state index in [1.165, 1.54) is 0 Å². The molecule has 0 amide bonds. The second-order valence-corrected chi connectivity index (χ2v) is 6.30. The highest BCUT2D eigenvalue weighted by atomic mass is 79.9. The molecule has 22 heavy (non-hydrogen) atoms. The summed E-state index contributed by atoms with van der Waals surface area (Å²) < 4.78 is 11.7. The van der Waals surface area contributed by atoms with Crippen LogP contribution in [0.5, 0.6) is 11.5 Å². The van der Waals surface area contributed by atoms with Crippen molar-refractivity contribution in [3.05, 3.63) is 22.2 Å². The number of benzene rings is 1. The number of ether oxygens (including phenoxy) is 2. The zero-order chi connectivity index (χ0) is 16.7. The monoisotopic (exact) mass is 373 g/mol. The number of hydrogen-bond donors (Lipinski definition) is 2. The Balaban J connectivity index is 2.86. The lowest BCUT2D eigenvalue weighted by Crippen LogP contribution is -2.37. The van der Waals surface area contributed by atoms with Crippen molar-refractivity contribution in [1.29, 1.82) is 0 Å². The first-order chi connectivity index (χ1) is 10.4. The third-order valence-electron chi connectivity index (χ3n) is 3.13. The minimum atomic E-state index is -0.827. The van der Waals surface area contributed by atoms with E-state index in [0.29, 0.717) is 37.0 Å². The molecule has 1 atom stereocenters. The molecule has 0 heterocycles. The standard InChI is InChI=1S/C16H24BrNO4/c1-5-22-14-8-11(7-12(17)15(14)21-4)9-18-13(16(19)20)6-10(2)3/h7-8,10,13,18H,5-6,9H2,1-4H3,(H,19,20)/t13-/m0/s1. The van der Waals surface area contributed by atoms with Gasteiger partial charge in [-0.05, 0) is 52.9 Å². The molecule has 1 rings (SSSR count). The van der Waals surface area contributed by atoms with Crippen LogP contribution in [0, 0.1) is 5.92 Å². The van der Waals surface area contributed by atoms with Gasteiger partial charge in [0.25, 0.3) is 0 Å². The fourth-order valence-corrected chi connectivity index (χ4v) is 2.82. The maximum Gasteiger partial charge on any atom is 0.320 e. The molecule has 0 fully saturated rings. The molecule has 0 saturated carbocycles. The number of aliphatic carboxylic acids is 1. The lowest BCUT2D eigenvalue weighted by atomic mass is 10.0. The number of nitrogens with one attached hydrogen (secondary N) is 1. The topological polar surface area (TPSA) is 67.8 Å². The Morgan fingerprint density at radius 3 is 2.59 bits per heavy atom. The fraction of sp³-hybridized carbons (Fsp3) is 0.562. The predicted octanol–water partition coefficient (Wildman–Crippen LogP) is 3.45. The van der Waals surface area contributed by atoms with Crippen molar-refractivity contribution >= 4 is 21.9 Å². The van der Waals surface area contributed by atoms with Crippen LogP contribution in [-0.2, 0) is 11.3 Å². The summed E-state index contributed by atoms with van der Waals surface area (Å²) in [6, 6.07) is 3.22. The molecule has 0 spiro atoms. The molecule has 0 aliphatic rings. The maximum absolute atomic E-state index is 11.3. The Bertz CT molecular complexity index is 505. The van der Waals surface area contributed by atoms with Gasteiger partial charge in [0.05, 0.1) is 18.2 Å². The van der Waals surface area contributed by atoms with E-state index in [1.807, 2.05) is 32.9 Å². The normalized spacial score (nSPS) is 12.3. The molecule has 6 heteroatoms.